The molecule has 1 amide bonds. The third-order valence-corrected chi connectivity index (χ3v) is 6.78. The number of hydrogen-bond acceptors (Lipinski definition) is 6. The first-order valence-corrected chi connectivity index (χ1v) is 12.5. The Balaban J connectivity index is 1.26. The number of methoxy groups -OCH3 is 1. The Hall–Kier alpha value is -4.17. The Kier molecular flexibility index (Phi) is 7.23. The maximum absolute atomic E-state index is 12.5. The van der Waals surface area contributed by atoms with E-state index in [1.807, 2.05) is 60.7 Å². The molecule has 36 heavy (non-hydrogen) atoms. The van der Waals surface area contributed by atoms with Crippen LogP contribution in [0, 0.1) is 0 Å². The fourth-order valence-corrected chi connectivity index (χ4v) is 4.75. The lowest BCUT2D eigenvalue weighted by Gasteiger charge is -2.10. The number of imidazole rings is 1. The van der Waals surface area contributed by atoms with Gasteiger partial charge in [-0.3, -0.25) is 14.3 Å². The maximum Gasteiger partial charge on any atom is 0.251 e. The summed E-state index contributed by atoms with van der Waals surface area (Å²) in [6.07, 6.45) is 5.26. The van der Waals surface area contributed by atoms with E-state index in [2.05, 4.69) is 32.0 Å². The molecule has 0 saturated carbocycles. The minimum absolute atomic E-state index is 0.106. The van der Waals surface area contributed by atoms with E-state index >= 15 is 0 Å². The zero-order valence-electron chi connectivity index (χ0n) is 19.8. The van der Waals surface area contributed by atoms with Crippen molar-refractivity contribution < 1.29 is 9.53 Å². The van der Waals surface area contributed by atoms with Gasteiger partial charge in [0.05, 0.1) is 13.7 Å². The van der Waals surface area contributed by atoms with Gasteiger partial charge in [0.1, 0.15) is 11.3 Å². The van der Waals surface area contributed by atoms with Crippen LogP contribution in [0.3, 0.4) is 0 Å². The fourth-order valence-electron chi connectivity index (χ4n) is 3.79. The van der Waals surface area contributed by atoms with Crippen molar-refractivity contribution in [1.29, 1.82) is 0 Å². The number of benzene rings is 2. The van der Waals surface area contributed by atoms with Gasteiger partial charge in [-0.15, -0.1) is 0 Å². The summed E-state index contributed by atoms with van der Waals surface area (Å²) in [5, 5.41) is 3.83. The molecule has 1 N–H and O–H groups in total. The molecule has 0 atom stereocenters. The van der Waals surface area contributed by atoms with Gasteiger partial charge in [-0.2, -0.15) is 0 Å². The first-order valence-electron chi connectivity index (χ1n) is 11.5. The summed E-state index contributed by atoms with van der Waals surface area (Å²) in [4.78, 5) is 26.0. The molecule has 0 unspecified atom stereocenters. The second-order valence-electron chi connectivity index (χ2n) is 8.20. The van der Waals surface area contributed by atoms with Gasteiger partial charge in [-0.25, -0.2) is 9.97 Å². The number of nitrogens with zero attached hydrogens (tertiary/aromatic N) is 4. The molecule has 0 aliphatic rings. The van der Waals surface area contributed by atoms with Crippen LogP contribution in [0.15, 0.2) is 96.5 Å². The largest absolute Gasteiger partial charge is 0.497 e. The van der Waals surface area contributed by atoms with Crippen molar-refractivity contribution in [2.24, 2.45) is 0 Å². The van der Waals surface area contributed by atoms with Crippen LogP contribution in [0.25, 0.3) is 11.2 Å². The normalized spacial score (nSPS) is 10.9. The third kappa shape index (κ3) is 5.55. The van der Waals surface area contributed by atoms with E-state index in [9.17, 15) is 4.79 Å². The van der Waals surface area contributed by atoms with Crippen molar-refractivity contribution in [3.63, 3.8) is 0 Å². The first kappa shape index (κ1) is 23.6. The Morgan fingerprint density at radius 3 is 2.47 bits per heavy atom. The van der Waals surface area contributed by atoms with Crippen LogP contribution in [-0.4, -0.2) is 32.5 Å². The summed E-state index contributed by atoms with van der Waals surface area (Å²) in [7, 11) is 1.67. The van der Waals surface area contributed by atoms with Gasteiger partial charge in [0, 0.05) is 36.5 Å². The average molecular weight is 496 g/mol. The molecular weight excluding hydrogens is 470 g/mol. The van der Waals surface area contributed by atoms with E-state index in [4.69, 9.17) is 9.72 Å². The van der Waals surface area contributed by atoms with E-state index in [0.29, 0.717) is 18.7 Å². The molecule has 0 spiro atoms. The quantitative estimate of drug-likeness (QED) is 0.286. The number of fused-ring (bicyclic) bond motifs is 1. The first-order chi connectivity index (χ1) is 17.7. The lowest BCUT2D eigenvalue weighted by Crippen LogP contribution is -2.22. The number of carbonyl (C=O) groups is 1. The lowest BCUT2D eigenvalue weighted by atomic mass is 10.1. The minimum Gasteiger partial charge on any atom is -0.497 e. The van der Waals surface area contributed by atoms with Gasteiger partial charge in [-0.05, 0) is 59.2 Å². The number of pyridine rings is 2. The van der Waals surface area contributed by atoms with Crippen LogP contribution >= 0.6 is 11.8 Å². The number of aromatic nitrogens is 4. The van der Waals surface area contributed by atoms with Gasteiger partial charge in [0.2, 0.25) is 0 Å². The van der Waals surface area contributed by atoms with Crippen molar-refractivity contribution in [1.82, 2.24) is 24.8 Å². The van der Waals surface area contributed by atoms with Gasteiger partial charge >= 0.3 is 0 Å². The number of hydrogen-bond donors (Lipinski definition) is 1. The van der Waals surface area contributed by atoms with E-state index in [1.54, 1.807) is 37.5 Å². The lowest BCUT2D eigenvalue weighted by molar-refractivity contribution is 0.0951. The van der Waals surface area contributed by atoms with Gasteiger partial charge in [-0.1, -0.05) is 42.1 Å². The number of thioether (sulfide) groups is 1. The molecule has 3 aromatic heterocycles. The molecule has 0 saturated heterocycles. The van der Waals surface area contributed by atoms with E-state index in [0.717, 1.165) is 44.5 Å². The summed E-state index contributed by atoms with van der Waals surface area (Å²) in [5.41, 5.74) is 5.57. The number of ether oxygens (including phenoxy) is 1. The molecule has 0 bridgehead atoms. The second-order valence-corrected chi connectivity index (χ2v) is 9.15. The molecule has 8 heteroatoms. The summed E-state index contributed by atoms with van der Waals surface area (Å²) in [6, 6.07) is 23.4. The predicted octanol–water partition coefficient (Wildman–Crippen LogP) is 5.11. The fraction of sp³-hybridized carbons (Fsp3) is 0.143. The van der Waals surface area contributed by atoms with E-state index < -0.39 is 0 Å². The van der Waals surface area contributed by atoms with Crippen LogP contribution in [0.2, 0.25) is 0 Å². The number of nitrogens with one attached hydrogen (secondary N) is 1. The van der Waals surface area contributed by atoms with Crippen LogP contribution in [-0.2, 0) is 18.8 Å². The zero-order valence-corrected chi connectivity index (χ0v) is 20.6. The van der Waals surface area contributed by atoms with Crippen LogP contribution in [0.4, 0.5) is 0 Å². The number of rotatable bonds is 9. The molecule has 7 nitrogen and oxygen atoms in total. The van der Waals surface area contributed by atoms with Crippen molar-refractivity contribution in [3.05, 3.63) is 114 Å². The third-order valence-electron chi connectivity index (χ3n) is 5.73. The van der Waals surface area contributed by atoms with Crippen molar-refractivity contribution in [2.45, 2.75) is 24.0 Å². The molecule has 0 aliphatic heterocycles. The minimum atomic E-state index is -0.106. The monoisotopic (exact) mass is 495 g/mol. The van der Waals surface area contributed by atoms with Crippen LogP contribution < -0.4 is 10.1 Å². The highest BCUT2D eigenvalue weighted by atomic mass is 32.2. The zero-order chi connectivity index (χ0) is 24.7. The van der Waals surface area contributed by atoms with Crippen molar-refractivity contribution in [2.75, 3.05) is 7.11 Å². The van der Waals surface area contributed by atoms with Crippen molar-refractivity contribution >= 4 is 28.8 Å². The maximum atomic E-state index is 12.5. The topological polar surface area (TPSA) is 81.9 Å². The SMILES string of the molecule is COc1ccc(Cn2c(SCc3ccc(C(=O)NCc4cccnc4)cc3)nc3cccnc32)cc1. The van der Waals surface area contributed by atoms with E-state index in [-0.39, 0.29) is 5.91 Å². The standard InChI is InChI=1S/C28H25N5O2S/c1-35-24-12-8-20(9-13-24)18-33-26-25(5-3-15-30-26)32-28(33)36-19-21-6-10-23(11-7-21)27(34)31-17-22-4-2-14-29-16-22/h2-16H,17-19H2,1H3,(H,31,34). The smallest absolute Gasteiger partial charge is 0.251 e. The summed E-state index contributed by atoms with van der Waals surface area (Å²) in [6.45, 7) is 1.11. The highest BCUT2D eigenvalue weighted by Gasteiger charge is 2.13. The molecule has 5 aromatic rings. The molecule has 5 rings (SSSR count). The number of amides is 1. The van der Waals surface area contributed by atoms with Gasteiger partial charge in [0.25, 0.3) is 5.91 Å². The highest BCUT2D eigenvalue weighted by Crippen LogP contribution is 2.27. The summed E-state index contributed by atoms with van der Waals surface area (Å²) < 4.78 is 7.42. The molecule has 0 radical (unpaired) electrons. The molecule has 0 fully saturated rings. The second kappa shape index (κ2) is 11.0. The van der Waals surface area contributed by atoms with Gasteiger partial charge in [0.15, 0.2) is 10.8 Å². The van der Waals surface area contributed by atoms with Crippen LogP contribution in [0.1, 0.15) is 27.0 Å². The molecular formula is C28H25N5O2S. The van der Waals surface area contributed by atoms with E-state index in [1.165, 1.54) is 0 Å². The predicted molar refractivity (Wildman–Crippen MR) is 141 cm³/mol. The molecule has 180 valence electrons. The Bertz CT molecular complexity index is 1450. The molecule has 0 aliphatic carbocycles. The molecule has 2 aromatic carbocycles. The highest BCUT2D eigenvalue weighted by molar-refractivity contribution is 7.98. The Morgan fingerprint density at radius 2 is 1.72 bits per heavy atom. The van der Waals surface area contributed by atoms with Gasteiger partial charge < -0.3 is 10.1 Å². The Labute approximate surface area is 213 Å². The Morgan fingerprint density at radius 1 is 0.944 bits per heavy atom. The van der Waals surface area contributed by atoms with Crippen molar-refractivity contribution in [3.8, 4) is 5.75 Å². The average Bonchev–Trinajstić information content (AvgIpc) is 3.29. The van der Waals surface area contributed by atoms with Crippen LogP contribution in [0.5, 0.6) is 5.75 Å². The number of carbonyl (C=O) groups excluding carboxylic acids is 1. The summed E-state index contributed by atoms with van der Waals surface area (Å²) in [5.74, 6) is 1.45. The summed E-state index contributed by atoms with van der Waals surface area (Å²) >= 11 is 1.65. The molecule has 3 heterocycles.